The van der Waals surface area contributed by atoms with Crippen molar-refractivity contribution in [3.05, 3.63) is 65.9 Å². The second-order valence-electron chi connectivity index (χ2n) is 14.9. The third kappa shape index (κ3) is 13.7. The summed E-state index contributed by atoms with van der Waals surface area (Å²) in [5, 5.41) is 32.6. The lowest BCUT2D eigenvalue weighted by atomic mass is 10.1. The van der Waals surface area contributed by atoms with Gasteiger partial charge in [-0.3, -0.25) is 48.6 Å². The van der Waals surface area contributed by atoms with Gasteiger partial charge in [-0.05, 0) is 37.3 Å². The van der Waals surface area contributed by atoms with Crippen LogP contribution in [-0.4, -0.2) is 135 Å². The van der Waals surface area contributed by atoms with Crippen LogP contribution in [0.4, 0.5) is 5.69 Å². The Bertz CT molecular complexity index is 2280. The van der Waals surface area contributed by atoms with Crippen molar-refractivity contribution >= 4 is 97.2 Å². The molecule has 8 amide bonds. The fourth-order valence-corrected chi connectivity index (χ4v) is 8.96. The SMILES string of the molecule is C[C@@H]1NC(=O)[C@H](CC(=O)O)NC(=O)CNC(=O)C(CC(=O)Nc2ccc(C(=N)N)cc2)NC(=O)CCSSC[C@@H](C(N)=O)NC(=O)[C@@H]2CC(OCc3c[nH]c4ccccc34)CN2C1=O. The molecule has 0 aliphatic carbocycles. The van der Waals surface area contributed by atoms with Crippen molar-refractivity contribution in [1.29, 1.82) is 5.41 Å². The van der Waals surface area contributed by atoms with Crippen LogP contribution in [0.1, 0.15) is 43.7 Å². The third-order valence-corrected chi connectivity index (χ3v) is 12.5. The number of aromatic amines is 1. The van der Waals surface area contributed by atoms with E-state index in [0.29, 0.717) is 11.3 Å². The van der Waals surface area contributed by atoms with E-state index in [9.17, 15) is 48.3 Å². The maximum absolute atomic E-state index is 14.0. The Morgan fingerprint density at radius 2 is 1.59 bits per heavy atom. The number of benzene rings is 2. The summed E-state index contributed by atoms with van der Waals surface area (Å²) in [6.07, 6.45) is -0.583. The molecule has 22 nitrogen and oxygen atoms in total. The first-order valence-electron chi connectivity index (χ1n) is 19.9. The number of amidine groups is 1. The average molecular weight is 924 g/mol. The Morgan fingerprint density at radius 3 is 2.30 bits per heavy atom. The largest absolute Gasteiger partial charge is 0.481 e. The maximum atomic E-state index is 14.0. The normalized spacial score (nSPS) is 23.4. The summed E-state index contributed by atoms with van der Waals surface area (Å²) >= 11 is 0. The maximum Gasteiger partial charge on any atom is 0.305 e. The Kier molecular flexibility index (Phi) is 17.1. The molecule has 2 aliphatic heterocycles. The molecule has 2 aliphatic rings. The van der Waals surface area contributed by atoms with Crippen LogP contribution in [0.3, 0.4) is 0 Å². The van der Waals surface area contributed by atoms with Crippen molar-refractivity contribution in [3.63, 3.8) is 0 Å². The zero-order valence-corrected chi connectivity index (χ0v) is 36.1. The zero-order valence-electron chi connectivity index (χ0n) is 34.5. The molecule has 342 valence electrons. The molecule has 2 saturated heterocycles. The van der Waals surface area contributed by atoms with Gasteiger partial charge in [0.15, 0.2) is 0 Å². The second-order valence-corrected chi connectivity index (χ2v) is 17.5. The van der Waals surface area contributed by atoms with Crippen molar-refractivity contribution in [3.8, 4) is 0 Å². The Balaban J connectivity index is 1.32. The first-order valence-corrected chi connectivity index (χ1v) is 22.4. The van der Waals surface area contributed by atoms with E-state index in [4.69, 9.17) is 21.6 Å². The molecule has 24 heteroatoms. The van der Waals surface area contributed by atoms with Crippen LogP contribution in [0.2, 0.25) is 0 Å². The van der Waals surface area contributed by atoms with Crippen molar-refractivity contribution in [2.45, 2.75) is 75.5 Å². The van der Waals surface area contributed by atoms with Gasteiger partial charge in [0, 0.05) is 64.8 Å². The molecule has 2 fully saturated rings. The lowest BCUT2D eigenvalue weighted by Gasteiger charge is -2.28. The monoisotopic (exact) mass is 923 g/mol. The predicted molar refractivity (Wildman–Crippen MR) is 235 cm³/mol. The molecule has 0 spiro atoms. The van der Waals surface area contributed by atoms with Crippen LogP contribution in [0.25, 0.3) is 10.9 Å². The summed E-state index contributed by atoms with van der Waals surface area (Å²) in [6.45, 7) is 0.524. The molecule has 64 heavy (non-hydrogen) atoms. The fraction of sp³-hybridized carbons (Fsp3) is 0.400. The van der Waals surface area contributed by atoms with E-state index in [-0.39, 0.29) is 43.3 Å². The van der Waals surface area contributed by atoms with Gasteiger partial charge in [-0.1, -0.05) is 39.8 Å². The van der Waals surface area contributed by atoms with Crippen LogP contribution < -0.4 is 43.4 Å². The van der Waals surface area contributed by atoms with Gasteiger partial charge in [0.25, 0.3) is 0 Å². The Morgan fingerprint density at radius 1 is 0.891 bits per heavy atom. The van der Waals surface area contributed by atoms with Gasteiger partial charge < -0.3 is 63.1 Å². The number of aromatic nitrogens is 1. The number of hydrogen-bond acceptors (Lipinski definition) is 13. The summed E-state index contributed by atoms with van der Waals surface area (Å²) in [7, 11) is 2.28. The number of ether oxygens (including phenoxy) is 1. The Labute approximate surface area is 373 Å². The number of anilines is 1. The van der Waals surface area contributed by atoms with E-state index in [1.165, 1.54) is 36.1 Å². The fourth-order valence-electron chi connectivity index (χ4n) is 6.79. The van der Waals surface area contributed by atoms with E-state index in [1.54, 1.807) is 6.20 Å². The van der Waals surface area contributed by atoms with Gasteiger partial charge in [-0.25, -0.2) is 0 Å². The number of amides is 8. The van der Waals surface area contributed by atoms with Crippen LogP contribution in [-0.2, 0) is 54.5 Å². The lowest BCUT2D eigenvalue weighted by Crippen LogP contribution is -2.58. The quantitative estimate of drug-likeness (QED) is 0.0646. The highest BCUT2D eigenvalue weighted by Gasteiger charge is 2.43. The zero-order chi connectivity index (χ0) is 46.5. The lowest BCUT2D eigenvalue weighted by molar-refractivity contribution is -0.143. The molecule has 3 aromatic rings. The molecule has 0 bridgehead atoms. The van der Waals surface area contributed by atoms with E-state index in [1.807, 2.05) is 24.3 Å². The first kappa shape index (κ1) is 48.4. The average Bonchev–Trinajstić information content (AvgIpc) is 3.87. The molecule has 0 saturated carbocycles. The number of nitrogens with two attached hydrogens (primary N) is 2. The molecule has 5 rings (SSSR count). The highest BCUT2D eigenvalue weighted by molar-refractivity contribution is 8.76. The molecule has 3 heterocycles. The number of carbonyl (C=O) groups is 9. The highest BCUT2D eigenvalue weighted by atomic mass is 33.1. The van der Waals surface area contributed by atoms with Crippen molar-refractivity contribution in [1.82, 2.24) is 36.5 Å². The van der Waals surface area contributed by atoms with Gasteiger partial charge in [0.1, 0.15) is 36.0 Å². The van der Waals surface area contributed by atoms with Crippen LogP contribution in [0.15, 0.2) is 54.7 Å². The minimum atomic E-state index is -1.74. The third-order valence-electron chi connectivity index (χ3n) is 10.1. The van der Waals surface area contributed by atoms with Gasteiger partial charge in [-0.2, -0.15) is 0 Å². The van der Waals surface area contributed by atoms with E-state index in [0.717, 1.165) is 38.1 Å². The standard InChI is InChI=1S/C40H49N11O11S2/c1-20-40(61)51-17-24(62-18-22-15-44-26-5-3-2-4-25(22)26)12-30(51)39(60)50-29(36(43)57)19-64-63-11-10-31(52)48-27(13-32(53)47-23-8-6-21(7-9-23)35(41)42)37(58)45-16-33(54)49-28(14-34(55)56)38(59)46-20/h2-9,15,20,24,27-30,44H,10-14,16-19H2,1H3,(H3,41,42)(H2,43,57)(H,45,58)(H,46,59)(H,47,53)(H,48,52)(H,49,54)(H,50,60)(H,55,56)/t20-,24?,27?,28-,29-,30-/m0/s1. The van der Waals surface area contributed by atoms with Crippen LogP contribution in [0, 0.1) is 5.41 Å². The highest BCUT2D eigenvalue weighted by Crippen LogP contribution is 2.27. The van der Waals surface area contributed by atoms with Gasteiger partial charge in [-0.15, -0.1) is 0 Å². The number of carboxylic acid groups (broad SMARTS) is 1. The van der Waals surface area contributed by atoms with Gasteiger partial charge in [0.05, 0.1) is 32.1 Å². The van der Waals surface area contributed by atoms with Crippen LogP contribution >= 0.6 is 21.6 Å². The summed E-state index contributed by atoms with van der Waals surface area (Å²) < 4.78 is 6.19. The molecular formula is C40H49N11O11S2. The summed E-state index contributed by atoms with van der Waals surface area (Å²) in [4.78, 5) is 123. The van der Waals surface area contributed by atoms with Gasteiger partial charge in [0.2, 0.25) is 47.3 Å². The summed E-state index contributed by atoms with van der Waals surface area (Å²) in [5.74, 6) is -8.35. The van der Waals surface area contributed by atoms with Crippen molar-refractivity contribution < 1.29 is 53.0 Å². The molecule has 6 atom stereocenters. The van der Waals surface area contributed by atoms with Crippen LogP contribution in [0.5, 0.6) is 0 Å². The predicted octanol–water partition coefficient (Wildman–Crippen LogP) is -1.21. The minimum absolute atomic E-state index is 0.00334. The minimum Gasteiger partial charge on any atom is -0.481 e. The van der Waals surface area contributed by atoms with Gasteiger partial charge >= 0.3 is 5.97 Å². The Hall–Kier alpha value is -6.66. The molecule has 2 unspecified atom stereocenters. The summed E-state index contributed by atoms with van der Waals surface area (Å²) in [5.41, 5.74) is 13.5. The number of primary amides is 1. The number of aliphatic carboxylic acids is 1. The number of para-hydroxylation sites is 1. The topological polar surface area (TPSA) is 350 Å². The molecule has 0 radical (unpaired) electrons. The van der Waals surface area contributed by atoms with Crippen molar-refractivity contribution in [2.24, 2.45) is 11.5 Å². The second kappa shape index (κ2) is 22.6. The first-order chi connectivity index (χ1) is 30.5. The molecule has 2 aromatic carbocycles. The number of hydrogen-bond donors (Lipinski definition) is 11. The number of H-pyrrole nitrogens is 1. The number of nitrogens with zero attached hydrogens (tertiary/aromatic N) is 1. The molecule has 1 aromatic heterocycles. The number of fused-ring (bicyclic) bond motifs is 2. The number of carbonyl (C=O) groups excluding carboxylic acids is 8. The number of carboxylic acids is 1. The van der Waals surface area contributed by atoms with Crippen molar-refractivity contribution in [2.75, 3.05) is 29.9 Å². The summed E-state index contributed by atoms with van der Waals surface area (Å²) in [6, 6.07) is 6.46. The number of nitrogens with one attached hydrogen (secondary N) is 8. The molecular weight excluding hydrogens is 875 g/mol. The van der Waals surface area contributed by atoms with E-state index in [2.05, 4.69) is 36.9 Å². The molecule has 13 N–H and O–H groups in total. The number of rotatable bonds is 10. The number of nitrogen functional groups attached to an aromatic ring is 1. The van der Waals surface area contributed by atoms with E-state index < -0.39 is 109 Å². The van der Waals surface area contributed by atoms with E-state index >= 15 is 0 Å². The smallest absolute Gasteiger partial charge is 0.305 e.